The predicted molar refractivity (Wildman–Crippen MR) is 63.8 cm³/mol. The molecule has 1 rings (SSSR count). The molecule has 1 aromatic carbocycles. The molecule has 0 amide bonds. The van der Waals surface area contributed by atoms with Crippen molar-refractivity contribution in [1.82, 2.24) is 0 Å². The number of halogens is 4. The average Bonchev–Trinajstić information content (AvgIpc) is 2.26. The van der Waals surface area contributed by atoms with Crippen molar-refractivity contribution < 1.29 is 22.7 Å². The molecule has 0 bridgehead atoms. The van der Waals surface area contributed by atoms with E-state index in [9.17, 15) is 17.6 Å². The highest BCUT2D eigenvalue weighted by molar-refractivity contribution is 8.00. The molecule has 6 heteroatoms. The second-order valence-electron chi connectivity index (χ2n) is 3.97. The monoisotopic (exact) mass is 282 g/mol. The third-order valence-corrected chi connectivity index (χ3v) is 3.23. The number of aliphatic hydroxyl groups is 1. The van der Waals surface area contributed by atoms with E-state index in [2.05, 4.69) is 0 Å². The van der Waals surface area contributed by atoms with E-state index < -0.39 is 5.51 Å². The Morgan fingerprint density at radius 2 is 2.00 bits per heavy atom. The molecule has 102 valence electrons. The number of benzene rings is 1. The predicted octanol–water partition coefficient (Wildman–Crippen LogP) is 3.62. The van der Waals surface area contributed by atoms with Crippen molar-refractivity contribution in [2.75, 3.05) is 12.4 Å². The maximum Gasteiger partial charge on any atom is 0.441 e. The highest BCUT2D eigenvalue weighted by atomic mass is 32.2. The summed E-state index contributed by atoms with van der Waals surface area (Å²) in [6, 6.07) is 5.88. The van der Waals surface area contributed by atoms with E-state index in [1.807, 2.05) is 0 Å². The zero-order chi connectivity index (χ0) is 13.6. The molecule has 0 aromatic heterocycles. The first kappa shape index (κ1) is 15.3. The summed E-state index contributed by atoms with van der Waals surface area (Å²) in [5.41, 5.74) is -3.55. The normalized spacial score (nSPS) is 13.6. The molecule has 0 aliphatic heterocycles. The van der Waals surface area contributed by atoms with Crippen LogP contribution in [-0.2, 0) is 6.42 Å². The maximum absolute atomic E-state index is 12.9. The van der Waals surface area contributed by atoms with Gasteiger partial charge in [-0.05, 0) is 36.5 Å². The van der Waals surface area contributed by atoms with E-state index in [0.717, 1.165) is 0 Å². The van der Waals surface area contributed by atoms with Gasteiger partial charge in [0.15, 0.2) is 0 Å². The van der Waals surface area contributed by atoms with E-state index in [-0.39, 0.29) is 42.3 Å². The van der Waals surface area contributed by atoms with Gasteiger partial charge < -0.3 is 5.11 Å². The van der Waals surface area contributed by atoms with Crippen LogP contribution in [0.4, 0.5) is 17.6 Å². The van der Waals surface area contributed by atoms with Gasteiger partial charge in [-0.3, -0.25) is 0 Å². The van der Waals surface area contributed by atoms with E-state index in [4.69, 9.17) is 5.11 Å². The van der Waals surface area contributed by atoms with Crippen LogP contribution in [-0.4, -0.2) is 23.0 Å². The zero-order valence-electron chi connectivity index (χ0n) is 9.58. The zero-order valence-corrected chi connectivity index (χ0v) is 10.4. The van der Waals surface area contributed by atoms with Gasteiger partial charge in [-0.25, -0.2) is 4.39 Å². The fourth-order valence-electron chi connectivity index (χ4n) is 1.60. The minimum Gasteiger partial charge on any atom is -0.396 e. The molecule has 0 saturated heterocycles. The molecule has 1 aromatic rings. The van der Waals surface area contributed by atoms with Crippen molar-refractivity contribution in [1.29, 1.82) is 0 Å². The summed E-state index contributed by atoms with van der Waals surface area (Å²) in [5, 5.41) is 9.10. The second kappa shape index (κ2) is 6.99. The quantitative estimate of drug-likeness (QED) is 0.804. The first-order chi connectivity index (χ1) is 8.40. The lowest BCUT2D eigenvalue weighted by Gasteiger charge is -2.14. The van der Waals surface area contributed by atoms with Gasteiger partial charge in [0.1, 0.15) is 5.82 Å². The third-order valence-electron chi connectivity index (χ3n) is 2.46. The van der Waals surface area contributed by atoms with Gasteiger partial charge in [0, 0.05) is 12.4 Å². The van der Waals surface area contributed by atoms with Crippen LogP contribution in [0.1, 0.15) is 12.0 Å². The fourth-order valence-corrected chi connectivity index (χ4v) is 2.28. The second-order valence-corrected chi connectivity index (χ2v) is 5.13. The molecule has 0 radical (unpaired) electrons. The number of rotatable bonds is 6. The summed E-state index contributed by atoms with van der Waals surface area (Å²) in [6.07, 6.45) is 0.629. The van der Waals surface area contributed by atoms with Crippen LogP contribution in [0.25, 0.3) is 0 Å². The molecular formula is C12H14F4OS. The van der Waals surface area contributed by atoms with Gasteiger partial charge in [0.05, 0.1) is 0 Å². The summed E-state index contributed by atoms with van der Waals surface area (Å²) < 4.78 is 48.7. The summed E-state index contributed by atoms with van der Waals surface area (Å²) in [4.78, 5) is 0. The number of hydrogen-bond donors (Lipinski definition) is 1. The van der Waals surface area contributed by atoms with Gasteiger partial charge in [-0.2, -0.15) is 13.2 Å². The van der Waals surface area contributed by atoms with Gasteiger partial charge in [-0.1, -0.05) is 23.9 Å². The Labute approximate surface area is 107 Å². The minimum absolute atomic E-state index is 0.0932. The summed E-state index contributed by atoms with van der Waals surface area (Å²) >= 11 is -0.0942. The Balaban J connectivity index is 2.42. The van der Waals surface area contributed by atoms with E-state index in [0.29, 0.717) is 12.0 Å². The summed E-state index contributed by atoms with van der Waals surface area (Å²) in [5.74, 6) is -0.750. The molecular weight excluding hydrogens is 268 g/mol. The van der Waals surface area contributed by atoms with E-state index >= 15 is 0 Å². The lowest BCUT2D eigenvalue weighted by Crippen LogP contribution is -2.12. The van der Waals surface area contributed by atoms with Crippen LogP contribution >= 0.6 is 11.8 Å². The number of aliphatic hydroxyl groups excluding tert-OH is 1. The van der Waals surface area contributed by atoms with Crippen LogP contribution < -0.4 is 0 Å². The van der Waals surface area contributed by atoms with Crippen molar-refractivity contribution in [3.8, 4) is 0 Å². The minimum atomic E-state index is -4.24. The van der Waals surface area contributed by atoms with Crippen molar-refractivity contribution in [3.05, 3.63) is 35.6 Å². The Bertz CT molecular complexity index is 367. The number of thioether (sulfide) groups is 1. The van der Waals surface area contributed by atoms with Crippen molar-refractivity contribution in [3.63, 3.8) is 0 Å². The molecule has 0 aliphatic rings. The summed E-state index contributed by atoms with van der Waals surface area (Å²) in [6.45, 7) is -0.199. The van der Waals surface area contributed by atoms with Crippen LogP contribution in [0, 0.1) is 11.7 Å². The standard InChI is InChI=1S/C12H14F4OS/c13-11-3-1-2-9(7-11)6-10(8-17)4-5-18-12(14,15)16/h1-3,7,10,17H,4-6,8H2. The topological polar surface area (TPSA) is 20.2 Å². The molecule has 0 heterocycles. The van der Waals surface area contributed by atoms with Crippen LogP contribution in [0.3, 0.4) is 0 Å². The van der Waals surface area contributed by atoms with Gasteiger partial charge in [0.2, 0.25) is 0 Å². The Kier molecular flexibility index (Phi) is 5.95. The van der Waals surface area contributed by atoms with Crippen molar-refractivity contribution in [2.24, 2.45) is 5.92 Å². The first-order valence-electron chi connectivity index (χ1n) is 5.46. The molecule has 0 aliphatic carbocycles. The van der Waals surface area contributed by atoms with E-state index in [1.54, 1.807) is 12.1 Å². The van der Waals surface area contributed by atoms with Crippen molar-refractivity contribution in [2.45, 2.75) is 18.3 Å². The average molecular weight is 282 g/mol. The molecule has 1 N–H and O–H groups in total. The molecule has 0 fully saturated rings. The Hall–Kier alpha value is -0.750. The highest BCUT2D eigenvalue weighted by Gasteiger charge is 2.28. The van der Waals surface area contributed by atoms with Crippen molar-refractivity contribution >= 4 is 11.8 Å². The fraction of sp³-hybridized carbons (Fsp3) is 0.500. The van der Waals surface area contributed by atoms with Crippen LogP contribution in [0.2, 0.25) is 0 Å². The molecule has 18 heavy (non-hydrogen) atoms. The molecule has 1 unspecified atom stereocenters. The molecule has 1 atom stereocenters. The summed E-state index contributed by atoms with van der Waals surface area (Å²) in [7, 11) is 0. The smallest absolute Gasteiger partial charge is 0.396 e. The third kappa shape index (κ3) is 6.26. The first-order valence-corrected chi connectivity index (χ1v) is 6.45. The van der Waals surface area contributed by atoms with Crippen LogP contribution in [0.15, 0.2) is 24.3 Å². The molecule has 1 nitrogen and oxygen atoms in total. The highest BCUT2D eigenvalue weighted by Crippen LogP contribution is 2.31. The lowest BCUT2D eigenvalue weighted by molar-refractivity contribution is -0.0328. The van der Waals surface area contributed by atoms with Crippen LogP contribution in [0.5, 0.6) is 0 Å². The SMILES string of the molecule is OCC(CCSC(F)(F)F)Cc1cccc(F)c1. The number of hydrogen-bond acceptors (Lipinski definition) is 2. The van der Waals surface area contributed by atoms with E-state index in [1.165, 1.54) is 12.1 Å². The maximum atomic E-state index is 12.9. The van der Waals surface area contributed by atoms with Gasteiger partial charge in [-0.15, -0.1) is 0 Å². The molecule has 0 spiro atoms. The van der Waals surface area contributed by atoms with Gasteiger partial charge >= 0.3 is 5.51 Å². The largest absolute Gasteiger partial charge is 0.441 e. The number of alkyl halides is 3. The Morgan fingerprint density at radius 1 is 1.28 bits per heavy atom. The van der Waals surface area contributed by atoms with Gasteiger partial charge in [0.25, 0.3) is 0 Å². The molecule has 0 saturated carbocycles. The lowest BCUT2D eigenvalue weighted by atomic mass is 9.98. The Morgan fingerprint density at radius 3 is 2.56 bits per heavy atom.